The van der Waals surface area contributed by atoms with Crippen LogP contribution >= 0.6 is 0 Å². The van der Waals surface area contributed by atoms with Crippen molar-refractivity contribution in [3.8, 4) is 5.75 Å². The molecule has 0 saturated heterocycles. The van der Waals surface area contributed by atoms with Crippen LogP contribution in [0.25, 0.3) is 0 Å². The standard InChI is InChI=1S/C20H31NO3/c1-14(19(23)21(5)17-8-6-7-9-18(17)22)24-16-12-10-15(11-13-16)20(2,3)4/h10-14,17-18,22H,6-9H2,1-5H3/t14-,17-,18-/m1/s1. The number of ether oxygens (including phenoxy) is 1. The first-order chi connectivity index (χ1) is 11.2. The second-order valence-corrected chi connectivity index (χ2v) is 7.90. The smallest absolute Gasteiger partial charge is 0.263 e. The lowest BCUT2D eigenvalue weighted by Crippen LogP contribution is -2.50. The molecule has 0 radical (unpaired) electrons. The SMILES string of the molecule is C[C@@H](Oc1ccc(C(C)(C)C)cc1)C(=O)N(C)[C@@H]1CCCC[C@H]1O. The minimum Gasteiger partial charge on any atom is -0.481 e. The number of rotatable bonds is 4. The lowest BCUT2D eigenvalue weighted by atomic mass is 9.87. The van der Waals surface area contributed by atoms with Gasteiger partial charge < -0.3 is 14.7 Å². The first-order valence-corrected chi connectivity index (χ1v) is 8.92. The highest BCUT2D eigenvalue weighted by Gasteiger charge is 2.32. The van der Waals surface area contributed by atoms with E-state index in [1.165, 1.54) is 5.56 Å². The van der Waals surface area contributed by atoms with Crippen LogP contribution in [0.15, 0.2) is 24.3 Å². The van der Waals surface area contributed by atoms with Crippen LogP contribution in [0.2, 0.25) is 0 Å². The highest BCUT2D eigenvalue weighted by molar-refractivity contribution is 5.81. The van der Waals surface area contributed by atoms with Gasteiger partial charge in [0, 0.05) is 7.05 Å². The van der Waals surface area contributed by atoms with E-state index in [1.807, 2.05) is 24.3 Å². The van der Waals surface area contributed by atoms with Crippen LogP contribution in [-0.4, -0.2) is 41.2 Å². The molecule has 1 N–H and O–H groups in total. The minimum atomic E-state index is -0.565. The largest absolute Gasteiger partial charge is 0.481 e. The van der Waals surface area contributed by atoms with Crippen molar-refractivity contribution in [3.63, 3.8) is 0 Å². The molecule has 1 aromatic carbocycles. The number of hydrogen-bond donors (Lipinski definition) is 1. The number of amides is 1. The summed E-state index contributed by atoms with van der Waals surface area (Å²) < 4.78 is 5.82. The molecule has 2 rings (SSSR count). The van der Waals surface area contributed by atoms with E-state index in [0.29, 0.717) is 5.75 Å². The number of benzene rings is 1. The van der Waals surface area contributed by atoms with Crippen molar-refractivity contribution in [1.29, 1.82) is 0 Å². The lowest BCUT2D eigenvalue weighted by molar-refractivity contribution is -0.142. The molecule has 0 unspecified atom stereocenters. The molecule has 4 heteroatoms. The summed E-state index contributed by atoms with van der Waals surface area (Å²) in [6.45, 7) is 8.27. The molecule has 24 heavy (non-hydrogen) atoms. The molecule has 0 aromatic heterocycles. The quantitative estimate of drug-likeness (QED) is 0.917. The van der Waals surface area contributed by atoms with Gasteiger partial charge >= 0.3 is 0 Å². The van der Waals surface area contributed by atoms with E-state index in [1.54, 1.807) is 18.9 Å². The number of nitrogens with zero attached hydrogens (tertiary/aromatic N) is 1. The molecule has 3 atom stereocenters. The average Bonchev–Trinajstić information content (AvgIpc) is 2.53. The Labute approximate surface area is 145 Å². The molecule has 134 valence electrons. The number of carbonyl (C=O) groups excluding carboxylic acids is 1. The molecular formula is C20H31NO3. The van der Waals surface area contributed by atoms with Gasteiger partial charge in [-0.15, -0.1) is 0 Å². The third-order valence-corrected chi connectivity index (χ3v) is 4.92. The highest BCUT2D eigenvalue weighted by atomic mass is 16.5. The molecule has 0 bridgehead atoms. The second-order valence-electron chi connectivity index (χ2n) is 7.90. The summed E-state index contributed by atoms with van der Waals surface area (Å²) in [5.74, 6) is 0.613. The predicted molar refractivity (Wildman–Crippen MR) is 96.3 cm³/mol. The Hall–Kier alpha value is -1.55. The second kappa shape index (κ2) is 7.56. The third kappa shape index (κ3) is 4.50. The molecule has 1 aliphatic carbocycles. The monoisotopic (exact) mass is 333 g/mol. The van der Waals surface area contributed by atoms with E-state index < -0.39 is 12.2 Å². The van der Waals surface area contributed by atoms with Gasteiger partial charge in [0.2, 0.25) is 0 Å². The van der Waals surface area contributed by atoms with Gasteiger partial charge in [-0.25, -0.2) is 0 Å². The van der Waals surface area contributed by atoms with Gasteiger partial charge in [0.05, 0.1) is 12.1 Å². The van der Waals surface area contributed by atoms with E-state index >= 15 is 0 Å². The lowest BCUT2D eigenvalue weighted by Gasteiger charge is -2.36. The molecule has 1 aliphatic rings. The van der Waals surface area contributed by atoms with Crippen LogP contribution < -0.4 is 4.74 Å². The molecule has 1 saturated carbocycles. The number of hydrogen-bond acceptors (Lipinski definition) is 3. The summed E-state index contributed by atoms with van der Waals surface area (Å²) >= 11 is 0. The first-order valence-electron chi connectivity index (χ1n) is 8.92. The van der Waals surface area contributed by atoms with Gasteiger partial charge in [-0.3, -0.25) is 4.79 Å². The molecule has 1 aromatic rings. The Bertz CT molecular complexity index is 547. The van der Waals surface area contributed by atoms with Crippen molar-refractivity contribution in [3.05, 3.63) is 29.8 Å². The Kier molecular flexibility index (Phi) is 5.92. The normalized spacial score (nSPS) is 22.8. The fourth-order valence-corrected chi connectivity index (χ4v) is 3.28. The maximum absolute atomic E-state index is 12.6. The molecule has 1 amide bonds. The number of aliphatic hydroxyl groups is 1. The number of likely N-dealkylation sites (N-methyl/N-ethyl adjacent to an activating group) is 1. The number of aliphatic hydroxyl groups excluding tert-OH is 1. The fourth-order valence-electron chi connectivity index (χ4n) is 3.28. The van der Waals surface area contributed by atoms with Crippen LogP contribution in [0, 0.1) is 0 Å². The topological polar surface area (TPSA) is 49.8 Å². The first kappa shape index (κ1) is 18.8. The van der Waals surface area contributed by atoms with E-state index in [4.69, 9.17) is 4.74 Å². The van der Waals surface area contributed by atoms with E-state index in [0.717, 1.165) is 25.7 Å². The molecule has 0 aliphatic heterocycles. The maximum Gasteiger partial charge on any atom is 0.263 e. The Balaban J connectivity index is 1.98. The Morgan fingerprint density at radius 3 is 2.33 bits per heavy atom. The molecule has 1 fully saturated rings. The molecule has 0 heterocycles. The van der Waals surface area contributed by atoms with Gasteiger partial charge in [0.1, 0.15) is 5.75 Å². The Morgan fingerprint density at radius 1 is 1.21 bits per heavy atom. The fraction of sp³-hybridized carbons (Fsp3) is 0.650. The van der Waals surface area contributed by atoms with Gasteiger partial charge in [-0.2, -0.15) is 0 Å². The van der Waals surface area contributed by atoms with Gasteiger partial charge in [0.25, 0.3) is 5.91 Å². The highest BCUT2D eigenvalue weighted by Crippen LogP contribution is 2.26. The van der Waals surface area contributed by atoms with Crippen LogP contribution in [0.1, 0.15) is 58.9 Å². The summed E-state index contributed by atoms with van der Waals surface area (Å²) in [7, 11) is 1.77. The van der Waals surface area contributed by atoms with Crippen LogP contribution in [-0.2, 0) is 10.2 Å². The molecule has 4 nitrogen and oxygen atoms in total. The third-order valence-electron chi connectivity index (χ3n) is 4.92. The van der Waals surface area contributed by atoms with Crippen molar-refractivity contribution in [2.24, 2.45) is 0 Å². The van der Waals surface area contributed by atoms with Crippen LogP contribution in [0.4, 0.5) is 0 Å². The van der Waals surface area contributed by atoms with Gasteiger partial charge in [-0.1, -0.05) is 45.7 Å². The van der Waals surface area contributed by atoms with Crippen molar-refractivity contribution in [2.45, 2.75) is 77.0 Å². The van der Waals surface area contributed by atoms with Crippen molar-refractivity contribution >= 4 is 5.91 Å². The van der Waals surface area contributed by atoms with Crippen LogP contribution in [0.5, 0.6) is 5.75 Å². The molecular weight excluding hydrogens is 302 g/mol. The van der Waals surface area contributed by atoms with Gasteiger partial charge in [-0.05, 0) is 42.9 Å². The summed E-state index contributed by atoms with van der Waals surface area (Å²) in [5.41, 5.74) is 1.33. The van der Waals surface area contributed by atoms with Crippen LogP contribution in [0.3, 0.4) is 0 Å². The molecule has 0 spiro atoms. The minimum absolute atomic E-state index is 0.0825. The zero-order valence-corrected chi connectivity index (χ0v) is 15.6. The summed E-state index contributed by atoms with van der Waals surface area (Å²) in [5, 5.41) is 10.1. The predicted octanol–water partition coefficient (Wildman–Crippen LogP) is 3.51. The van der Waals surface area contributed by atoms with Crippen molar-refractivity contribution in [1.82, 2.24) is 4.90 Å². The Morgan fingerprint density at radius 2 is 1.79 bits per heavy atom. The van der Waals surface area contributed by atoms with Gasteiger partial charge in [0.15, 0.2) is 6.10 Å². The maximum atomic E-state index is 12.6. The van der Waals surface area contributed by atoms with Crippen molar-refractivity contribution in [2.75, 3.05) is 7.05 Å². The number of carbonyl (C=O) groups is 1. The average molecular weight is 333 g/mol. The van der Waals surface area contributed by atoms with Crippen molar-refractivity contribution < 1.29 is 14.6 Å². The zero-order chi connectivity index (χ0) is 17.9. The van der Waals surface area contributed by atoms with E-state index in [-0.39, 0.29) is 17.4 Å². The summed E-state index contributed by atoms with van der Waals surface area (Å²) in [6.07, 6.45) is 2.73. The van der Waals surface area contributed by atoms with E-state index in [9.17, 15) is 9.90 Å². The summed E-state index contributed by atoms with van der Waals surface area (Å²) in [4.78, 5) is 14.3. The summed E-state index contributed by atoms with van der Waals surface area (Å²) in [6, 6.07) is 7.82. The van der Waals surface area contributed by atoms with E-state index in [2.05, 4.69) is 20.8 Å². The zero-order valence-electron chi connectivity index (χ0n) is 15.6.